The minimum absolute atomic E-state index is 0.228. The number of hydrogen-bond acceptors (Lipinski definition) is 5. The number of aryl methyl sites for hydroxylation is 1. The van der Waals surface area contributed by atoms with Gasteiger partial charge in [0, 0.05) is 18.9 Å². The molecule has 0 spiro atoms. The molecule has 1 aromatic rings. The van der Waals surface area contributed by atoms with Crippen LogP contribution in [0.2, 0.25) is 0 Å². The number of aromatic nitrogens is 1. The van der Waals surface area contributed by atoms with Crippen LogP contribution in [0.25, 0.3) is 0 Å². The first-order valence-electron chi connectivity index (χ1n) is 8.82. The zero-order valence-electron chi connectivity index (χ0n) is 15.4. The van der Waals surface area contributed by atoms with Crippen molar-refractivity contribution in [2.24, 2.45) is 0 Å². The Kier molecular flexibility index (Phi) is 6.57. The molecule has 0 radical (unpaired) electrons. The Morgan fingerprint density at radius 3 is 2.56 bits per heavy atom. The maximum absolute atomic E-state index is 12.5. The first-order chi connectivity index (χ1) is 11.7. The summed E-state index contributed by atoms with van der Waals surface area (Å²) in [7, 11) is 0. The summed E-state index contributed by atoms with van der Waals surface area (Å²) in [5, 5.41) is 13.0. The largest absolute Gasteiger partial charge is 0.480 e. The first-order valence-corrected chi connectivity index (χ1v) is 9.64. The summed E-state index contributed by atoms with van der Waals surface area (Å²) in [6, 6.07) is -0.966. The summed E-state index contributed by atoms with van der Waals surface area (Å²) < 4.78 is 5.57. The van der Waals surface area contributed by atoms with E-state index in [1.807, 2.05) is 27.7 Å². The van der Waals surface area contributed by atoms with Crippen molar-refractivity contribution in [2.45, 2.75) is 77.4 Å². The number of rotatable bonds is 7. The highest BCUT2D eigenvalue weighted by molar-refractivity contribution is 7.13. The lowest BCUT2D eigenvalue weighted by atomic mass is 10.1. The molecule has 1 amide bonds. The number of amides is 1. The number of nitrogens with zero attached hydrogens (tertiary/aromatic N) is 1. The molecule has 1 unspecified atom stereocenters. The molecule has 7 heteroatoms. The van der Waals surface area contributed by atoms with Gasteiger partial charge in [-0.2, -0.15) is 0 Å². The van der Waals surface area contributed by atoms with Crippen molar-refractivity contribution in [3.05, 3.63) is 15.6 Å². The molecule has 1 heterocycles. The SMILES string of the molecule is Cc1nc(C2CCCC2)sc1C(=O)NC(CCOC(C)(C)C)C(=O)O. The van der Waals surface area contributed by atoms with Crippen molar-refractivity contribution in [1.82, 2.24) is 10.3 Å². The average Bonchev–Trinajstić information content (AvgIpc) is 3.13. The number of thiazole rings is 1. The molecule has 140 valence electrons. The molecular weight excluding hydrogens is 340 g/mol. The fourth-order valence-electron chi connectivity index (χ4n) is 2.94. The molecule has 2 rings (SSSR count). The standard InChI is InChI=1S/C18H28N2O4S/c1-11-14(25-16(19-11)12-7-5-6-8-12)15(21)20-13(17(22)23)9-10-24-18(2,3)4/h12-13H,5-10H2,1-4H3,(H,20,21)(H,22,23). The molecule has 0 bridgehead atoms. The fourth-order valence-corrected chi connectivity index (χ4v) is 4.08. The smallest absolute Gasteiger partial charge is 0.326 e. The molecular formula is C18H28N2O4S. The van der Waals surface area contributed by atoms with Crippen LogP contribution in [0.3, 0.4) is 0 Å². The zero-order valence-corrected chi connectivity index (χ0v) is 16.2. The number of aliphatic carboxylic acids is 1. The van der Waals surface area contributed by atoms with Gasteiger partial charge in [-0.25, -0.2) is 9.78 Å². The summed E-state index contributed by atoms with van der Waals surface area (Å²) >= 11 is 1.40. The minimum Gasteiger partial charge on any atom is -0.480 e. The Labute approximate surface area is 153 Å². The zero-order chi connectivity index (χ0) is 18.6. The van der Waals surface area contributed by atoms with Crippen LogP contribution in [0.5, 0.6) is 0 Å². The third-order valence-corrected chi connectivity index (χ3v) is 5.59. The summed E-state index contributed by atoms with van der Waals surface area (Å²) in [4.78, 5) is 29.0. The van der Waals surface area contributed by atoms with E-state index in [4.69, 9.17) is 4.74 Å². The van der Waals surface area contributed by atoms with Gasteiger partial charge < -0.3 is 15.2 Å². The lowest BCUT2D eigenvalue weighted by Gasteiger charge is -2.21. The maximum Gasteiger partial charge on any atom is 0.326 e. The number of ether oxygens (including phenoxy) is 1. The quantitative estimate of drug-likeness (QED) is 0.769. The lowest BCUT2D eigenvalue weighted by molar-refractivity contribution is -0.140. The van der Waals surface area contributed by atoms with Gasteiger partial charge in [0.2, 0.25) is 0 Å². The Morgan fingerprint density at radius 2 is 2.00 bits per heavy atom. The van der Waals surface area contributed by atoms with Gasteiger partial charge in [0.15, 0.2) is 0 Å². The van der Waals surface area contributed by atoms with Gasteiger partial charge in [0.05, 0.1) is 16.3 Å². The van der Waals surface area contributed by atoms with Crippen molar-refractivity contribution in [1.29, 1.82) is 0 Å². The number of carboxylic acid groups (broad SMARTS) is 1. The molecule has 1 fully saturated rings. The highest BCUT2D eigenvalue weighted by Gasteiger charge is 2.26. The average molecular weight is 368 g/mol. The Balaban J connectivity index is 1.99. The summed E-state index contributed by atoms with van der Waals surface area (Å²) in [6.07, 6.45) is 4.89. The molecule has 2 N–H and O–H groups in total. The second-order valence-corrected chi connectivity index (χ2v) is 8.59. The maximum atomic E-state index is 12.5. The van der Waals surface area contributed by atoms with Gasteiger partial charge in [0.1, 0.15) is 10.9 Å². The number of carbonyl (C=O) groups excluding carboxylic acids is 1. The van der Waals surface area contributed by atoms with E-state index < -0.39 is 12.0 Å². The van der Waals surface area contributed by atoms with E-state index in [-0.39, 0.29) is 24.5 Å². The van der Waals surface area contributed by atoms with E-state index in [1.54, 1.807) is 0 Å². The molecule has 25 heavy (non-hydrogen) atoms. The van der Waals surface area contributed by atoms with Gasteiger partial charge in [0.25, 0.3) is 5.91 Å². The number of hydrogen-bond donors (Lipinski definition) is 2. The summed E-state index contributed by atoms with van der Waals surface area (Å²) in [6.45, 7) is 7.81. The minimum atomic E-state index is -1.05. The van der Waals surface area contributed by atoms with Gasteiger partial charge in [-0.05, 0) is 40.5 Å². The number of carbonyl (C=O) groups is 2. The predicted molar refractivity (Wildman–Crippen MR) is 97.3 cm³/mol. The molecule has 1 aliphatic carbocycles. The third kappa shape index (κ3) is 5.78. The van der Waals surface area contributed by atoms with Crippen LogP contribution >= 0.6 is 11.3 Å². The Hall–Kier alpha value is -1.47. The first kappa shape index (κ1) is 19.8. The van der Waals surface area contributed by atoms with Crippen LogP contribution in [-0.4, -0.2) is 40.2 Å². The van der Waals surface area contributed by atoms with Gasteiger partial charge >= 0.3 is 5.97 Å². The molecule has 0 saturated heterocycles. The van der Waals surface area contributed by atoms with E-state index >= 15 is 0 Å². The summed E-state index contributed by atoms with van der Waals surface area (Å²) in [5.74, 6) is -0.966. The molecule has 1 aromatic heterocycles. The second kappa shape index (κ2) is 8.27. The highest BCUT2D eigenvalue weighted by Crippen LogP contribution is 2.37. The van der Waals surface area contributed by atoms with Crippen LogP contribution in [0.1, 0.15) is 79.2 Å². The monoisotopic (exact) mass is 368 g/mol. The van der Waals surface area contributed by atoms with Crippen molar-refractivity contribution in [3.63, 3.8) is 0 Å². The van der Waals surface area contributed by atoms with Gasteiger partial charge in [-0.15, -0.1) is 11.3 Å². The molecule has 6 nitrogen and oxygen atoms in total. The van der Waals surface area contributed by atoms with Crippen LogP contribution in [0.15, 0.2) is 0 Å². The van der Waals surface area contributed by atoms with Crippen LogP contribution < -0.4 is 5.32 Å². The van der Waals surface area contributed by atoms with Crippen LogP contribution in [0, 0.1) is 6.92 Å². The van der Waals surface area contributed by atoms with E-state index in [2.05, 4.69) is 10.3 Å². The van der Waals surface area contributed by atoms with E-state index in [1.165, 1.54) is 24.2 Å². The van der Waals surface area contributed by atoms with Crippen LogP contribution in [-0.2, 0) is 9.53 Å². The summed E-state index contributed by atoms with van der Waals surface area (Å²) in [5.41, 5.74) is 0.344. The van der Waals surface area contributed by atoms with Crippen molar-refractivity contribution >= 4 is 23.2 Å². The highest BCUT2D eigenvalue weighted by atomic mass is 32.1. The van der Waals surface area contributed by atoms with Crippen molar-refractivity contribution in [2.75, 3.05) is 6.61 Å². The van der Waals surface area contributed by atoms with Crippen molar-refractivity contribution in [3.8, 4) is 0 Å². The molecule has 0 aliphatic heterocycles. The normalized spacial score (nSPS) is 16.8. The van der Waals surface area contributed by atoms with E-state index in [0.29, 0.717) is 16.5 Å². The number of carboxylic acids is 1. The Bertz CT molecular complexity index is 615. The topological polar surface area (TPSA) is 88.5 Å². The third-order valence-electron chi connectivity index (χ3n) is 4.27. The molecule has 1 atom stereocenters. The lowest BCUT2D eigenvalue weighted by Crippen LogP contribution is -2.42. The van der Waals surface area contributed by atoms with E-state index in [0.717, 1.165) is 17.8 Å². The van der Waals surface area contributed by atoms with Crippen LogP contribution in [0.4, 0.5) is 0 Å². The van der Waals surface area contributed by atoms with Gasteiger partial charge in [-0.1, -0.05) is 12.8 Å². The predicted octanol–water partition coefficient (Wildman–Crippen LogP) is 3.50. The second-order valence-electron chi connectivity index (χ2n) is 7.56. The van der Waals surface area contributed by atoms with Gasteiger partial charge in [-0.3, -0.25) is 4.79 Å². The van der Waals surface area contributed by atoms with Crippen molar-refractivity contribution < 1.29 is 19.4 Å². The fraction of sp³-hybridized carbons (Fsp3) is 0.722. The Morgan fingerprint density at radius 1 is 1.36 bits per heavy atom. The number of nitrogens with one attached hydrogen (secondary N) is 1. The molecule has 1 saturated carbocycles. The van der Waals surface area contributed by atoms with E-state index in [9.17, 15) is 14.7 Å². The molecule has 0 aromatic carbocycles. The molecule has 1 aliphatic rings.